The lowest BCUT2D eigenvalue weighted by molar-refractivity contribution is -0.0879. The molecule has 2 saturated carbocycles. The van der Waals surface area contributed by atoms with Gasteiger partial charge in [0.15, 0.2) is 0 Å². The fourth-order valence-electron chi connectivity index (χ4n) is 4.01. The van der Waals surface area contributed by atoms with Gasteiger partial charge in [-0.1, -0.05) is 26.7 Å². The summed E-state index contributed by atoms with van der Waals surface area (Å²) in [5.41, 5.74) is 0.476. The average Bonchev–Trinajstić information content (AvgIpc) is 2.24. The molecule has 94 valence electrons. The van der Waals surface area contributed by atoms with Crippen molar-refractivity contribution in [3.05, 3.63) is 0 Å². The summed E-state index contributed by atoms with van der Waals surface area (Å²) >= 11 is 0. The molecule has 0 amide bonds. The summed E-state index contributed by atoms with van der Waals surface area (Å²) in [5.74, 6) is 1.86. The van der Waals surface area contributed by atoms with Gasteiger partial charge in [-0.15, -0.1) is 0 Å². The minimum atomic E-state index is -0.169. The lowest BCUT2D eigenvalue weighted by atomic mass is 9.48. The summed E-state index contributed by atoms with van der Waals surface area (Å²) in [6.07, 6.45) is 6.42. The molecule has 2 N–H and O–H groups in total. The van der Waals surface area contributed by atoms with E-state index in [2.05, 4.69) is 19.2 Å². The van der Waals surface area contributed by atoms with E-state index in [0.717, 1.165) is 24.8 Å². The van der Waals surface area contributed by atoms with Crippen molar-refractivity contribution in [3.8, 4) is 0 Å². The van der Waals surface area contributed by atoms with Crippen molar-refractivity contribution in [3.63, 3.8) is 0 Å². The Balaban J connectivity index is 1.84. The zero-order valence-electron chi connectivity index (χ0n) is 11.0. The largest absolute Gasteiger partial charge is 0.393 e. The average molecular weight is 225 g/mol. The van der Waals surface area contributed by atoms with E-state index in [4.69, 9.17) is 0 Å². The number of hydrogen-bond acceptors (Lipinski definition) is 2. The Hall–Kier alpha value is -0.0800. The minimum Gasteiger partial charge on any atom is -0.393 e. The lowest BCUT2D eigenvalue weighted by Gasteiger charge is -2.61. The highest BCUT2D eigenvalue weighted by molar-refractivity contribution is 5.08. The van der Waals surface area contributed by atoms with Gasteiger partial charge in [0.05, 0.1) is 6.10 Å². The van der Waals surface area contributed by atoms with Crippen LogP contribution in [-0.4, -0.2) is 23.8 Å². The summed E-state index contributed by atoms with van der Waals surface area (Å²) in [4.78, 5) is 0. The first kappa shape index (κ1) is 12.4. The van der Waals surface area contributed by atoms with Crippen LogP contribution in [0.15, 0.2) is 0 Å². The van der Waals surface area contributed by atoms with Crippen molar-refractivity contribution in [1.82, 2.24) is 5.32 Å². The van der Waals surface area contributed by atoms with Gasteiger partial charge in [0.25, 0.3) is 0 Å². The summed E-state index contributed by atoms with van der Waals surface area (Å²) in [6, 6.07) is 0.691. The van der Waals surface area contributed by atoms with Crippen LogP contribution in [0, 0.1) is 17.3 Å². The summed E-state index contributed by atoms with van der Waals surface area (Å²) < 4.78 is 0. The van der Waals surface area contributed by atoms with Crippen LogP contribution in [0.25, 0.3) is 0 Å². The Morgan fingerprint density at radius 3 is 2.69 bits per heavy atom. The molecular weight excluding hydrogens is 198 g/mol. The zero-order chi connectivity index (χ0) is 11.8. The summed E-state index contributed by atoms with van der Waals surface area (Å²) in [6.45, 7) is 7.67. The van der Waals surface area contributed by atoms with Crippen molar-refractivity contribution in [2.45, 2.75) is 65.0 Å². The molecule has 2 heteroatoms. The van der Waals surface area contributed by atoms with Crippen molar-refractivity contribution < 1.29 is 5.11 Å². The van der Waals surface area contributed by atoms with Crippen molar-refractivity contribution >= 4 is 0 Å². The fraction of sp³-hybridized carbons (Fsp3) is 1.00. The Labute approximate surface area is 99.8 Å². The van der Waals surface area contributed by atoms with Gasteiger partial charge in [-0.25, -0.2) is 0 Å². The SMILES string of the molecule is C[C@H](O)CCN[C@H]1[C@@H]2CCCC[C@@H]2C1(C)C. The van der Waals surface area contributed by atoms with E-state index >= 15 is 0 Å². The molecule has 2 rings (SSSR count). The van der Waals surface area contributed by atoms with E-state index in [1.54, 1.807) is 0 Å². The number of aliphatic hydroxyl groups excluding tert-OH is 1. The third kappa shape index (κ3) is 2.14. The molecule has 2 aliphatic rings. The number of aliphatic hydroxyl groups is 1. The molecule has 2 fully saturated rings. The van der Waals surface area contributed by atoms with Crippen molar-refractivity contribution in [1.29, 1.82) is 0 Å². The summed E-state index contributed by atoms with van der Waals surface area (Å²) in [5, 5.41) is 13.0. The Morgan fingerprint density at radius 1 is 1.31 bits per heavy atom. The third-order valence-corrected chi connectivity index (χ3v) is 4.93. The van der Waals surface area contributed by atoms with Gasteiger partial charge in [-0.05, 0) is 50.0 Å². The van der Waals surface area contributed by atoms with E-state index in [0.29, 0.717) is 11.5 Å². The van der Waals surface area contributed by atoms with Crippen molar-refractivity contribution in [2.75, 3.05) is 6.54 Å². The number of hydrogen-bond donors (Lipinski definition) is 2. The Kier molecular flexibility index (Phi) is 3.60. The van der Waals surface area contributed by atoms with Gasteiger partial charge >= 0.3 is 0 Å². The first-order valence-corrected chi connectivity index (χ1v) is 6.95. The standard InChI is InChI=1S/C14H27NO/c1-10(16)8-9-15-13-11-6-4-5-7-12(11)14(13,2)3/h10-13,15-16H,4-9H2,1-3H3/t10-,11+,12-,13-/m0/s1. The number of rotatable bonds is 4. The molecule has 0 aromatic rings. The van der Waals surface area contributed by atoms with Crippen LogP contribution in [0.4, 0.5) is 0 Å². The second kappa shape index (κ2) is 4.66. The van der Waals surface area contributed by atoms with Gasteiger partial charge in [-0.3, -0.25) is 0 Å². The maximum atomic E-state index is 9.28. The first-order valence-electron chi connectivity index (χ1n) is 6.95. The highest BCUT2D eigenvalue weighted by atomic mass is 16.3. The Morgan fingerprint density at radius 2 is 2.00 bits per heavy atom. The molecule has 0 bridgehead atoms. The maximum Gasteiger partial charge on any atom is 0.0524 e. The van der Waals surface area contributed by atoms with E-state index in [1.165, 1.54) is 25.7 Å². The van der Waals surface area contributed by atoms with Gasteiger partial charge in [0, 0.05) is 6.04 Å². The molecule has 4 atom stereocenters. The Bertz CT molecular complexity index is 237. The smallest absolute Gasteiger partial charge is 0.0524 e. The second-order valence-electron chi connectivity index (χ2n) is 6.45. The molecular formula is C14H27NO. The van der Waals surface area contributed by atoms with Gasteiger partial charge in [0.1, 0.15) is 0 Å². The topological polar surface area (TPSA) is 32.3 Å². The number of fused-ring (bicyclic) bond motifs is 1. The van der Waals surface area contributed by atoms with Crippen LogP contribution >= 0.6 is 0 Å². The van der Waals surface area contributed by atoms with Gasteiger partial charge < -0.3 is 10.4 Å². The predicted octanol–water partition coefficient (Wildman–Crippen LogP) is 2.56. The van der Waals surface area contributed by atoms with Crippen LogP contribution in [-0.2, 0) is 0 Å². The highest BCUT2D eigenvalue weighted by Gasteiger charge is 2.55. The quantitative estimate of drug-likeness (QED) is 0.770. The van der Waals surface area contributed by atoms with Gasteiger partial charge in [-0.2, -0.15) is 0 Å². The number of nitrogens with one attached hydrogen (secondary N) is 1. The molecule has 2 aliphatic carbocycles. The van der Waals surface area contributed by atoms with E-state index in [9.17, 15) is 5.11 Å². The summed E-state index contributed by atoms with van der Waals surface area (Å²) in [7, 11) is 0. The zero-order valence-corrected chi connectivity index (χ0v) is 11.0. The second-order valence-corrected chi connectivity index (χ2v) is 6.45. The molecule has 0 heterocycles. The first-order chi connectivity index (χ1) is 7.53. The van der Waals surface area contributed by atoms with E-state index in [-0.39, 0.29) is 6.10 Å². The van der Waals surface area contributed by atoms with E-state index in [1.807, 2.05) is 6.92 Å². The normalized spacial score (nSPS) is 38.6. The molecule has 0 aromatic carbocycles. The maximum absolute atomic E-state index is 9.28. The van der Waals surface area contributed by atoms with Crippen LogP contribution in [0.3, 0.4) is 0 Å². The fourth-order valence-corrected chi connectivity index (χ4v) is 4.01. The predicted molar refractivity (Wildman–Crippen MR) is 67.3 cm³/mol. The monoisotopic (exact) mass is 225 g/mol. The molecule has 0 saturated heterocycles. The molecule has 0 unspecified atom stereocenters. The lowest BCUT2D eigenvalue weighted by Crippen LogP contribution is -2.65. The molecule has 2 nitrogen and oxygen atoms in total. The molecule has 0 radical (unpaired) electrons. The van der Waals surface area contributed by atoms with Crippen LogP contribution in [0.1, 0.15) is 52.9 Å². The molecule has 0 aromatic heterocycles. The molecule has 0 spiro atoms. The van der Waals surface area contributed by atoms with Gasteiger partial charge in [0.2, 0.25) is 0 Å². The van der Waals surface area contributed by atoms with Crippen molar-refractivity contribution in [2.24, 2.45) is 17.3 Å². The van der Waals surface area contributed by atoms with Crippen LogP contribution in [0.5, 0.6) is 0 Å². The van der Waals surface area contributed by atoms with Crippen LogP contribution in [0.2, 0.25) is 0 Å². The van der Waals surface area contributed by atoms with E-state index < -0.39 is 0 Å². The highest BCUT2D eigenvalue weighted by Crippen LogP contribution is 2.57. The third-order valence-electron chi connectivity index (χ3n) is 4.93. The van der Waals surface area contributed by atoms with Crippen LogP contribution < -0.4 is 5.32 Å². The molecule has 16 heavy (non-hydrogen) atoms. The molecule has 0 aliphatic heterocycles. The minimum absolute atomic E-state index is 0.169.